The van der Waals surface area contributed by atoms with E-state index in [1.807, 2.05) is 0 Å². The van der Waals surface area contributed by atoms with E-state index in [1.54, 1.807) is 30.3 Å². The summed E-state index contributed by atoms with van der Waals surface area (Å²) in [5, 5.41) is -0.181. The van der Waals surface area contributed by atoms with Crippen molar-refractivity contribution in [2.24, 2.45) is 0 Å². The van der Waals surface area contributed by atoms with E-state index in [9.17, 15) is 40.5 Å². The molecule has 3 rings (SSSR count). The molecule has 0 heterocycles. The first-order chi connectivity index (χ1) is 16.6. The van der Waals surface area contributed by atoms with Crippen molar-refractivity contribution in [3.8, 4) is 0 Å². The Bertz CT molecular complexity index is 1330. The van der Waals surface area contributed by atoms with E-state index < -0.39 is 42.4 Å². The lowest BCUT2D eigenvalue weighted by molar-refractivity contribution is -0.143. The summed E-state index contributed by atoms with van der Waals surface area (Å²) in [6, 6.07) is 9.49. The van der Waals surface area contributed by atoms with Crippen molar-refractivity contribution in [2.45, 2.75) is 40.0 Å². The molecule has 0 radical (unpaired) electrons. The van der Waals surface area contributed by atoms with Gasteiger partial charge in [0.1, 0.15) is 0 Å². The van der Waals surface area contributed by atoms with Crippen molar-refractivity contribution in [2.75, 3.05) is 0 Å². The maximum Gasteiger partial charge on any atom is 0.459 e. The molecule has 188 valence electrons. The molecule has 0 aliphatic heterocycles. The summed E-state index contributed by atoms with van der Waals surface area (Å²) < 4.78 is 94.9. The van der Waals surface area contributed by atoms with Crippen LogP contribution in [0.4, 0.5) is 26.3 Å². The quantitative estimate of drug-likeness (QED) is 0.197. The van der Waals surface area contributed by atoms with Crippen molar-refractivity contribution in [1.82, 2.24) is 0 Å². The summed E-state index contributed by atoms with van der Waals surface area (Å²) in [5.41, 5.74) is -5.43. The molecule has 0 saturated carbocycles. The van der Waals surface area contributed by atoms with Gasteiger partial charge in [0.2, 0.25) is 5.30 Å². The van der Waals surface area contributed by atoms with E-state index in [0.29, 0.717) is 34.9 Å². The molecular formula is C26H20F6O3P+. The van der Waals surface area contributed by atoms with E-state index in [0.717, 1.165) is 0 Å². The minimum atomic E-state index is -5.29. The number of alkyl halides is 6. The molecule has 1 unspecified atom stereocenters. The number of halogens is 6. The van der Waals surface area contributed by atoms with Gasteiger partial charge in [-0.05, 0) is 51.0 Å². The molecule has 36 heavy (non-hydrogen) atoms. The second-order valence-electron chi connectivity index (χ2n) is 8.24. The van der Waals surface area contributed by atoms with Gasteiger partial charge in [-0.3, -0.25) is 4.79 Å². The van der Waals surface area contributed by atoms with Gasteiger partial charge < -0.3 is 0 Å². The Balaban J connectivity index is 2.23. The first kappa shape index (κ1) is 27.3. The van der Waals surface area contributed by atoms with Gasteiger partial charge in [-0.15, -0.1) is 0 Å². The predicted molar refractivity (Wildman–Crippen MR) is 123 cm³/mol. The Labute approximate surface area is 203 Å². The van der Waals surface area contributed by atoms with E-state index in [-0.39, 0.29) is 27.8 Å². The van der Waals surface area contributed by atoms with Crippen LogP contribution in [0.25, 0.3) is 0 Å². The third kappa shape index (κ3) is 4.85. The molecule has 0 aliphatic carbocycles. The SMILES string of the molecule is Cc1c(C)c([P+](=O)C(=O)c2c(C(F)(F)F)cccc2C(F)(F)F)c(C)c(C)c1C(=O)c1ccccc1. The van der Waals surface area contributed by atoms with Crippen LogP contribution in [0.2, 0.25) is 0 Å². The average molecular weight is 525 g/mol. The fourth-order valence-electron chi connectivity index (χ4n) is 4.13. The number of hydrogen-bond donors (Lipinski definition) is 0. The Morgan fingerprint density at radius 3 is 1.50 bits per heavy atom. The van der Waals surface area contributed by atoms with Crippen LogP contribution in [0, 0.1) is 27.7 Å². The van der Waals surface area contributed by atoms with Crippen LogP contribution in [0.3, 0.4) is 0 Å². The Morgan fingerprint density at radius 1 is 0.639 bits per heavy atom. The van der Waals surface area contributed by atoms with E-state index in [2.05, 4.69) is 0 Å². The van der Waals surface area contributed by atoms with Gasteiger partial charge in [0.15, 0.2) is 5.78 Å². The van der Waals surface area contributed by atoms with Gasteiger partial charge >= 0.3 is 25.7 Å². The summed E-state index contributed by atoms with van der Waals surface area (Å²) in [6.45, 7) is 5.92. The molecule has 0 aliphatic rings. The van der Waals surface area contributed by atoms with Crippen LogP contribution in [0.15, 0.2) is 48.5 Å². The van der Waals surface area contributed by atoms with Crippen molar-refractivity contribution < 1.29 is 40.5 Å². The second kappa shape index (κ2) is 9.62. The smallest absolute Gasteiger partial charge is 0.289 e. The normalized spacial score (nSPS) is 12.4. The van der Waals surface area contributed by atoms with Crippen LogP contribution >= 0.6 is 7.80 Å². The monoisotopic (exact) mass is 525 g/mol. The number of carbonyl (C=O) groups excluding carboxylic acids is 2. The summed E-state index contributed by atoms with van der Waals surface area (Å²) in [4.78, 5) is 26.2. The highest BCUT2D eigenvalue weighted by atomic mass is 31.1. The lowest BCUT2D eigenvalue weighted by atomic mass is 9.89. The van der Waals surface area contributed by atoms with Crippen LogP contribution in [-0.4, -0.2) is 11.3 Å². The number of ketones is 1. The molecule has 0 spiro atoms. The molecule has 0 saturated heterocycles. The van der Waals surface area contributed by atoms with Crippen molar-refractivity contribution in [3.63, 3.8) is 0 Å². The zero-order chi connectivity index (χ0) is 27.2. The largest absolute Gasteiger partial charge is 0.459 e. The molecule has 3 aromatic carbocycles. The van der Waals surface area contributed by atoms with Crippen LogP contribution in [0.5, 0.6) is 0 Å². The predicted octanol–water partition coefficient (Wildman–Crippen LogP) is 7.48. The highest BCUT2D eigenvalue weighted by Gasteiger charge is 2.49. The molecule has 1 atom stereocenters. The molecule has 10 heteroatoms. The highest BCUT2D eigenvalue weighted by Crippen LogP contribution is 2.44. The molecule has 0 N–H and O–H groups in total. The fraction of sp³-hybridized carbons (Fsp3) is 0.231. The van der Waals surface area contributed by atoms with Crippen molar-refractivity contribution >= 4 is 24.4 Å². The Hall–Kier alpha value is -3.32. The standard InChI is InChI=1S/C26H20F6O3P/c1-13-15(3)23(16(4)14(2)20(13)22(33)17-9-6-5-7-10-17)36(35)24(34)21-18(25(27,28)29)11-8-12-19(21)26(30,31)32/h5-12H,1-4H3/q+1. The van der Waals surface area contributed by atoms with Gasteiger partial charge in [-0.2, -0.15) is 26.3 Å². The topological polar surface area (TPSA) is 51.2 Å². The second-order valence-corrected chi connectivity index (χ2v) is 9.68. The zero-order valence-electron chi connectivity index (χ0n) is 19.6. The summed E-state index contributed by atoms with van der Waals surface area (Å²) in [7, 11) is -3.40. The Kier molecular flexibility index (Phi) is 7.29. The van der Waals surface area contributed by atoms with Gasteiger partial charge in [-0.1, -0.05) is 41.0 Å². The van der Waals surface area contributed by atoms with Crippen LogP contribution in [-0.2, 0) is 16.9 Å². The van der Waals surface area contributed by atoms with Crippen LogP contribution in [0.1, 0.15) is 59.7 Å². The minimum Gasteiger partial charge on any atom is -0.289 e. The average Bonchev–Trinajstić information content (AvgIpc) is 2.81. The Morgan fingerprint density at radius 2 is 1.08 bits per heavy atom. The van der Waals surface area contributed by atoms with Gasteiger partial charge in [-0.25, -0.2) is 4.79 Å². The third-order valence-corrected chi connectivity index (χ3v) is 7.79. The van der Waals surface area contributed by atoms with E-state index in [1.165, 1.54) is 27.7 Å². The maximum absolute atomic E-state index is 13.6. The molecule has 3 aromatic rings. The third-order valence-electron chi connectivity index (χ3n) is 6.13. The molecule has 3 nitrogen and oxygen atoms in total. The number of carbonyl (C=O) groups is 2. The lowest BCUT2D eigenvalue weighted by Crippen LogP contribution is -2.23. The van der Waals surface area contributed by atoms with E-state index >= 15 is 0 Å². The number of rotatable bonds is 5. The highest BCUT2D eigenvalue weighted by molar-refractivity contribution is 7.71. The van der Waals surface area contributed by atoms with Gasteiger partial charge in [0, 0.05) is 22.3 Å². The molecular weight excluding hydrogens is 505 g/mol. The maximum atomic E-state index is 13.6. The first-order valence-corrected chi connectivity index (χ1v) is 11.8. The van der Waals surface area contributed by atoms with Crippen LogP contribution < -0.4 is 5.30 Å². The van der Waals surface area contributed by atoms with E-state index in [4.69, 9.17) is 0 Å². The first-order valence-electron chi connectivity index (χ1n) is 10.6. The molecule has 0 amide bonds. The fourth-order valence-corrected chi connectivity index (χ4v) is 5.72. The number of benzene rings is 3. The molecule has 0 fully saturated rings. The molecule has 0 aromatic heterocycles. The van der Waals surface area contributed by atoms with Gasteiger partial charge in [0.25, 0.3) is 0 Å². The summed E-state index contributed by atoms with van der Waals surface area (Å²) >= 11 is 0. The minimum absolute atomic E-state index is 0.181. The number of hydrogen-bond acceptors (Lipinski definition) is 3. The van der Waals surface area contributed by atoms with Gasteiger partial charge in [0.05, 0.1) is 16.7 Å². The summed E-state index contributed by atoms with van der Waals surface area (Å²) in [5.74, 6) is -0.355. The van der Waals surface area contributed by atoms with Crippen molar-refractivity contribution in [1.29, 1.82) is 0 Å². The van der Waals surface area contributed by atoms with Crippen molar-refractivity contribution in [3.05, 3.63) is 98.6 Å². The zero-order valence-corrected chi connectivity index (χ0v) is 20.5. The lowest BCUT2D eigenvalue weighted by Gasteiger charge is -2.17. The molecule has 0 bridgehead atoms. The summed E-state index contributed by atoms with van der Waals surface area (Å²) in [6.07, 6.45) is -10.6.